The molecule has 19 heavy (non-hydrogen) atoms. The van der Waals surface area contributed by atoms with Crippen LogP contribution in [0.3, 0.4) is 0 Å². The van der Waals surface area contributed by atoms with Crippen molar-refractivity contribution in [1.82, 2.24) is 0 Å². The molecule has 0 fully saturated rings. The molecule has 0 atom stereocenters. The topological polar surface area (TPSA) is 17.1 Å². The molecular formula is C18H18O. The molecule has 1 aliphatic carbocycles. The Hall–Kier alpha value is -1.89. The average molecular weight is 250 g/mol. The Labute approximate surface area is 114 Å². The first-order valence-electron chi connectivity index (χ1n) is 6.84. The van der Waals surface area contributed by atoms with Gasteiger partial charge < -0.3 is 0 Å². The predicted molar refractivity (Wildman–Crippen MR) is 77.6 cm³/mol. The summed E-state index contributed by atoms with van der Waals surface area (Å²) in [6.45, 7) is 4.11. The minimum atomic E-state index is 0.123. The maximum Gasteiger partial charge on any atom is 0.166 e. The standard InChI is InChI=1S/C18H18O/c1-12-6-5-9-17(13(12)2)18(19)16-10-14-7-3-4-8-15(14)11-16/h3-9,16H,10-11H2,1-2H3. The average Bonchev–Trinajstić information content (AvgIpc) is 2.85. The van der Waals surface area contributed by atoms with E-state index in [1.165, 1.54) is 16.7 Å². The van der Waals surface area contributed by atoms with Crippen LogP contribution in [0.25, 0.3) is 0 Å². The van der Waals surface area contributed by atoms with Crippen molar-refractivity contribution in [3.05, 3.63) is 70.3 Å². The largest absolute Gasteiger partial charge is 0.294 e. The molecule has 0 bridgehead atoms. The summed E-state index contributed by atoms with van der Waals surface area (Å²) in [5.74, 6) is 0.426. The number of rotatable bonds is 2. The van der Waals surface area contributed by atoms with E-state index in [0.29, 0.717) is 5.78 Å². The summed E-state index contributed by atoms with van der Waals surface area (Å²) in [5, 5.41) is 0. The number of Topliss-reactive ketones (excluding diaryl/α,β-unsaturated/α-hetero) is 1. The van der Waals surface area contributed by atoms with Crippen LogP contribution in [0.4, 0.5) is 0 Å². The second-order valence-corrected chi connectivity index (χ2v) is 5.49. The van der Waals surface area contributed by atoms with Crippen LogP contribution >= 0.6 is 0 Å². The highest BCUT2D eigenvalue weighted by Gasteiger charge is 2.28. The van der Waals surface area contributed by atoms with Gasteiger partial charge in [-0.05, 0) is 48.9 Å². The van der Waals surface area contributed by atoms with Crippen LogP contribution in [0, 0.1) is 19.8 Å². The molecular weight excluding hydrogens is 232 g/mol. The van der Waals surface area contributed by atoms with Gasteiger partial charge in [0.1, 0.15) is 0 Å². The molecule has 0 spiro atoms. The van der Waals surface area contributed by atoms with Crippen LogP contribution < -0.4 is 0 Å². The zero-order valence-corrected chi connectivity index (χ0v) is 11.4. The molecule has 0 unspecified atom stereocenters. The fraction of sp³-hybridized carbons (Fsp3) is 0.278. The molecule has 0 heterocycles. The molecule has 0 saturated carbocycles. The van der Waals surface area contributed by atoms with E-state index in [1.807, 2.05) is 19.1 Å². The highest BCUT2D eigenvalue weighted by Crippen LogP contribution is 2.30. The molecule has 0 aliphatic heterocycles. The molecule has 2 aromatic carbocycles. The summed E-state index contributed by atoms with van der Waals surface area (Å²) in [6.07, 6.45) is 1.78. The van der Waals surface area contributed by atoms with Crippen LogP contribution in [0.1, 0.15) is 32.6 Å². The summed E-state index contributed by atoms with van der Waals surface area (Å²) >= 11 is 0. The number of ketones is 1. The van der Waals surface area contributed by atoms with E-state index in [-0.39, 0.29) is 5.92 Å². The van der Waals surface area contributed by atoms with Crippen molar-refractivity contribution in [2.24, 2.45) is 5.92 Å². The SMILES string of the molecule is Cc1cccc(C(=O)C2Cc3ccccc3C2)c1C. The number of fused-ring (bicyclic) bond motifs is 1. The van der Waals surface area contributed by atoms with Gasteiger partial charge in [0.2, 0.25) is 0 Å². The third kappa shape index (κ3) is 2.10. The molecule has 0 radical (unpaired) electrons. The molecule has 0 aromatic heterocycles. The second-order valence-electron chi connectivity index (χ2n) is 5.49. The lowest BCUT2D eigenvalue weighted by Crippen LogP contribution is -2.16. The summed E-state index contributed by atoms with van der Waals surface area (Å²) in [7, 11) is 0. The number of carbonyl (C=O) groups is 1. The van der Waals surface area contributed by atoms with Crippen molar-refractivity contribution in [1.29, 1.82) is 0 Å². The molecule has 1 nitrogen and oxygen atoms in total. The van der Waals surface area contributed by atoms with Gasteiger partial charge in [0.25, 0.3) is 0 Å². The Morgan fingerprint density at radius 3 is 2.21 bits per heavy atom. The molecule has 0 saturated heterocycles. The predicted octanol–water partition coefficient (Wildman–Crippen LogP) is 3.90. The van der Waals surface area contributed by atoms with Gasteiger partial charge in [0.15, 0.2) is 5.78 Å². The third-order valence-electron chi connectivity index (χ3n) is 4.29. The van der Waals surface area contributed by atoms with Crippen LogP contribution in [0.2, 0.25) is 0 Å². The third-order valence-corrected chi connectivity index (χ3v) is 4.29. The van der Waals surface area contributed by atoms with Gasteiger partial charge in [-0.15, -0.1) is 0 Å². The maximum atomic E-state index is 12.7. The number of benzene rings is 2. The lowest BCUT2D eigenvalue weighted by atomic mass is 9.91. The Balaban J connectivity index is 1.89. The fourth-order valence-electron chi connectivity index (χ4n) is 2.98. The number of hydrogen-bond acceptors (Lipinski definition) is 1. The van der Waals surface area contributed by atoms with Crippen molar-refractivity contribution in [3.8, 4) is 0 Å². The minimum absolute atomic E-state index is 0.123. The molecule has 0 amide bonds. The van der Waals surface area contributed by atoms with Gasteiger partial charge in [-0.25, -0.2) is 0 Å². The summed E-state index contributed by atoms with van der Waals surface area (Å²) in [6, 6.07) is 14.4. The van der Waals surface area contributed by atoms with Crippen molar-refractivity contribution < 1.29 is 4.79 Å². The number of carbonyl (C=O) groups excluding carboxylic acids is 1. The Bertz CT molecular complexity index is 615. The van der Waals surface area contributed by atoms with E-state index >= 15 is 0 Å². The molecule has 2 aromatic rings. The van der Waals surface area contributed by atoms with Crippen LogP contribution in [-0.4, -0.2) is 5.78 Å². The Morgan fingerprint density at radius 1 is 0.947 bits per heavy atom. The molecule has 96 valence electrons. The summed E-state index contributed by atoms with van der Waals surface area (Å²) in [5.41, 5.74) is 5.90. The number of aryl methyl sites for hydroxylation is 1. The molecule has 1 aliphatic rings. The molecule has 1 heteroatoms. The summed E-state index contributed by atoms with van der Waals surface area (Å²) in [4.78, 5) is 12.7. The van der Waals surface area contributed by atoms with Crippen molar-refractivity contribution in [2.45, 2.75) is 26.7 Å². The second kappa shape index (κ2) is 4.65. The van der Waals surface area contributed by atoms with E-state index in [1.54, 1.807) is 0 Å². The lowest BCUT2D eigenvalue weighted by molar-refractivity contribution is 0.0924. The Kier molecular flexibility index (Phi) is 2.98. The van der Waals surface area contributed by atoms with E-state index in [9.17, 15) is 4.79 Å². The quantitative estimate of drug-likeness (QED) is 0.739. The molecule has 0 N–H and O–H groups in total. The first-order chi connectivity index (χ1) is 9.16. The Morgan fingerprint density at radius 2 is 1.58 bits per heavy atom. The van der Waals surface area contributed by atoms with Crippen LogP contribution in [0.15, 0.2) is 42.5 Å². The highest BCUT2D eigenvalue weighted by atomic mass is 16.1. The maximum absolute atomic E-state index is 12.7. The van der Waals surface area contributed by atoms with E-state index < -0.39 is 0 Å². The smallest absolute Gasteiger partial charge is 0.166 e. The van der Waals surface area contributed by atoms with E-state index in [0.717, 1.165) is 24.0 Å². The summed E-state index contributed by atoms with van der Waals surface area (Å²) < 4.78 is 0. The zero-order valence-electron chi connectivity index (χ0n) is 11.4. The van der Waals surface area contributed by atoms with Gasteiger partial charge in [-0.3, -0.25) is 4.79 Å². The van der Waals surface area contributed by atoms with Crippen LogP contribution in [-0.2, 0) is 12.8 Å². The lowest BCUT2D eigenvalue weighted by Gasteiger charge is -2.12. The van der Waals surface area contributed by atoms with Crippen molar-refractivity contribution in [3.63, 3.8) is 0 Å². The van der Waals surface area contributed by atoms with Crippen LogP contribution in [0.5, 0.6) is 0 Å². The van der Waals surface area contributed by atoms with Gasteiger partial charge in [-0.1, -0.05) is 42.5 Å². The minimum Gasteiger partial charge on any atom is -0.294 e. The normalized spacial score (nSPS) is 14.4. The van der Waals surface area contributed by atoms with Gasteiger partial charge in [-0.2, -0.15) is 0 Å². The van der Waals surface area contributed by atoms with Gasteiger partial charge in [0.05, 0.1) is 0 Å². The van der Waals surface area contributed by atoms with E-state index in [4.69, 9.17) is 0 Å². The highest BCUT2D eigenvalue weighted by molar-refractivity contribution is 6.00. The van der Waals surface area contributed by atoms with E-state index in [2.05, 4.69) is 37.3 Å². The molecule has 3 rings (SSSR count). The first kappa shape index (κ1) is 12.2. The van der Waals surface area contributed by atoms with Gasteiger partial charge in [0, 0.05) is 11.5 Å². The van der Waals surface area contributed by atoms with Crippen molar-refractivity contribution in [2.75, 3.05) is 0 Å². The van der Waals surface area contributed by atoms with Crippen molar-refractivity contribution >= 4 is 5.78 Å². The number of hydrogen-bond donors (Lipinski definition) is 0. The first-order valence-corrected chi connectivity index (χ1v) is 6.84. The zero-order chi connectivity index (χ0) is 13.4. The van der Waals surface area contributed by atoms with Gasteiger partial charge >= 0.3 is 0 Å². The monoisotopic (exact) mass is 250 g/mol. The fourth-order valence-corrected chi connectivity index (χ4v) is 2.98.